The van der Waals surface area contributed by atoms with Gasteiger partial charge in [-0.2, -0.15) is 0 Å². The maximum Gasteiger partial charge on any atom is 0.0689 e. The highest BCUT2D eigenvalue weighted by Gasteiger charge is 2.21. The summed E-state index contributed by atoms with van der Waals surface area (Å²) in [6.45, 7) is 2.68. The van der Waals surface area contributed by atoms with E-state index in [9.17, 15) is 0 Å². The molecular weight excluding hydrogens is 176 g/mol. The van der Waals surface area contributed by atoms with Gasteiger partial charge in [-0.25, -0.2) is 0 Å². The standard InChI is InChI=1S/C11H20N2O/c12-10-3-4-11(6-10)13-7-9-2-1-5-14-8-9/h2,10-11,13H,1,3-8,12H2. The van der Waals surface area contributed by atoms with E-state index < -0.39 is 0 Å². The molecule has 0 bridgehead atoms. The molecule has 0 saturated heterocycles. The minimum absolute atomic E-state index is 0.420. The Morgan fingerprint density at radius 2 is 2.43 bits per heavy atom. The first kappa shape index (κ1) is 10.1. The fraction of sp³-hybridized carbons (Fsp3) is 0.818. The lowest BCUT2D eigenvalue weighted by atomic mass is 10.1. The van der Waals surface area contributed by atoms with Crippen LogP contribution < -0.4 is 11.1 Å². The summed E-state index contributed by atoms with van der Waals surface area (Å²) in [5.74, 6) is 0. The van der Waals surface area contributed by atoms with E-state index in [-0.39, 0.29) is 0 Å². The highest BCUT2D eigenvalue weighted by atomic mass is 16.5. The summed E-state index contributed by atoms with van der Waals surface area (Å²) in [7, 11) is 0. The van der Waals surface area contributed by atoms with E-state index >= 15 is 0 Å². The van der Waals surface area contributed by atoms with Gasteiger partial charge in [0.25, 0.3) is 0 Å². The van der Waals surface area contributed by atoms with E-state index in [0.717, 1.165) is 32.6 Å². The van der Waals surface area contributed by atoms with Gasteiger partial charge in [-0.3, -0.25) is 0 Å². The Kier molecular flexibility index (Phi) is 3.56. The van der Waals surface area contributed by atoms with E-state index in [4.69, 9.17) is 10.5 Å². The van der Waals surface area contributed by atoms with Crippen molar-refractivity contribution < 1.29 is 4.74 Å². The second-order valence-electron chi connectivity index (χ2n) is 4.35. The van der Waals surface area contributed by atoms with Gasteiger partial charge >= 0.3 is 0 Å². The highest BCUT2D eigenvalue weighted by Crippen LogP contribution is 2.17. The zero-order valence-electron chi connectivity index (χ0n) is 8.67. The van der Waals surface area contributed by atoms with Crippen molar-refractivity contribution in [1.29, 1.82) is 0 Å². The molecule has 0 radical (unpaired) electrons. The minimum atomic E-state index is 0.420. The number of rotatable bonds is 3. The van der Waals surface area contributed by atoms with Crippen molar-refractivity contribution in [2.45, 2.75) is 37.8 Å². The molecule has 1 heterocycles. The van der Waals surface area contributed by atoms with Gasteiger partial charge in [0.05, 0.1) is 13.2 Å². The largest absolute Gasteiger partial charge is 0.377 e. The Labute approximate surface area is 85.7 Å². The molecule has 2 atom stereocenters. The first-order valence-electron chi connectivity index (χ1n) is 5.59. The summed E-state index contributed by atoms with van der Waals surface area (Å²) in [5.41, 5.74) is 7.25. The maximum absolute atomic E-state index is 5.85. The molecule has 2 aliphatic rings. The van der Waals surface area contributed by atoms with Gasteiger partial charge in [-0.1, -0.05) is 6.08 Å². The predicted octanol–water partition coefficient (Wildman–Crippen LogP) is 0.802. The first-order valence-corrected chi connectivity index (χ1v) is 5.59. The third kappa shape index (κ3) is 2.80. The van der Waals surface area contributed by atoms with Crippen LogP contribution in [0.2, 0.25) is 0 Å². The SMILES string of the molecule is NC1CCC(NCC2=CCCOC2)C1. The highest BCUT2D eigenvalue weighted by molar-refractivity contribution is 5.07. The molecule has 3 N–H and O–H groups in total. The Balaban J connectivity index is 1.69. The molecule has 1 fully saturated rings. The van der Waals surface area contributed by atoms with Gasteiger partial charge in [0.1, 0.15) is 0 Å². The van der Waals surface area contributed by atoms with Gasteiger partial charge in [-0.15, -0.1) is 0 Å². The minimum Gasteiger partial charge on any atom is -0.377 e. The summed E-state index contributed by atoms with van der Waals surface area (Å²) >= 11 is 0. The molecule has 0 aromatic heterocycles. The van der Waals surface area contributed by atoms with Gasteiger partial charge in [0.15, 0.2) is 0 Å². The lowest BCUT2D eigenvalue weighted by Crippen LogP contribution is -2.31. The molecule has 2 rings (SSSR count). The molecule has 1 aliphatic heterocycles. The van der Waals surface area contributed by atoms with Crippen LogP contribution in [0, 0.1) is 0 Å². The molecule has 0 spiro atoms. The third-order valence-electron chi connectivity index (χ3n) is 3.07. The van der Waals surface area contributed by atoms with Crippen molar-refractivity contribution in [3.63, 3.8) is 0 Å². The Morgan fingerprint density at radius 3 is 3.07 bits per heavy atom. The van der Waals surface area contributed by atoms with Crippen molar-refractivity contribution in [3.05, 3.63) is 11.6 Å². The molecular formula is C11H20N2O. The van der Waals surface area contributed by atoms with E-state index in [0.29, 0.717) is 12.1 Å². The monoisotopic (exact) mass is 196 g/mol. The summed E-state index contributed by atoms with van der Waals surface area (Å²) in [4.78, 5) is 0. The van der Waals surface area contributed by atoms with Crippen LogP contribution in [0.25, 0.3) is 0 Å². The molecule has 2 unspecified atom stereocenters. The van der Waals surface area contributed by atoms with Crippen molar-refractivity contribution in [3.8, 4) is 0 Å². The second-order valence-corrected chi connectivity index (χ2v) is 4.35. The summed E-state index contributed by atoms with van der Waals surface area (Å²) in [5, 5.41) is 3.55. The smallest absolute Gasteiger partial charge is 0.0689 e. The number of nitrogens with two attached hydrogens (primary N) is 1. The molecule has 0 aromatic rings. The van der Waals surface area contributed by atoms with E-state index in [1.54, 1.807) is 0 Å². The van der Waals surface area contributed by atoms with Crippen LogP contribution in [-0.4, -0.2) is 31.8 Å². The molecule has 0 amide bonds. The summed E-state index contributed by atoms with van der Waals surface area (Å²) in [6.07, 6.45) is 6.91. The molecule has 1 saturated carbocycles. The first-order chi connectivity index (χ1) is 6.84. The third-order valence-corrected chi connectivity index (χ3v) is 3.07. The zero-order valence-corrected chi connectivity index (χ0v) is 8.67. The molecule has 3 nitrogen and oxygen atoms in total. The lowest BCUT2D eigenvalue weighted by Gasteiger charge is -2.17. The Hall–Kier alpha value is -0.380. The maximum atomic E-state index is 5.85. The fourth-order valence-electron chi connectivity index (χ4n) is 2.21. The molecule has 0 aromatic carbocycles. The summed E-state index contributed by atoms with van der Waals surface area (Å²) < 4.78 is 5.39. The average Bonchev–Trinajstić information content (AvgIpc) is 2.63. The number of ether oxygens (including phenoxy) is 1. The zero-order chi connectivity index (χ0) is 9.80. The van der Waals surface area contributed by atoms with E-state index in [1.807, 2.05) is 0 Å². The van der Waals surface area contributed by atoms with Crippen LogP contribution in [0.1, 0.15) is 25.7 Å². The Bertz CT molecular complexity index is 215. The second kappa shape index (κ2) is 4.91. The quantitative estimate of drug-likeness (QED) is 0.656. The van der Waals surface area contributed by atoms with Crippen LogP contribution in [0.5, 0.6) is 0 Å². The average molecular weight is 196 g/mol. The predicted molar refractivity (Wildman–Crippen MR) is 57.1 cm³/mol. The van der Waals surface area contributed by atoms with Crippen LogP contribution in [0.4, 0.5) is 0 Å². The van der Waals surface area contributed by atoms with Crippen molar-refractivity contribution in [2.75, 3.05) is 19.8 Å². The number of nitrogens with one attached hydrogen (secondary N) is 1. The lowest BCUT2D eigenvalue weighted by molar-refractivity contribution is 0.148. The van der Waals surface area contributed by atoms with Crippen LogP contribution >= 0.6 is 0 Å². The normalized spacial score (nSPS) is 33.1. The molecule has 80 valence electrons. The van der Waals surface area contributed by atoms with Crippen molar-refractivity contribution >= 4 is 0 Å². The van der Waals surface area contributed by atoms with Gasteiger partial charge in [0, 0.05) is 18.6 Å². The fourth-order valence-corrected chi connectivity index (χ4v) is 2.21. The van der Waals surface area contributed by atoms with Crippen LogP contribution in [-0.2, 0) is 4.74 Å². The van der Waals surface area contributed by atoms with Gasteiger partial charge < -0.3 is 15.8 Å². The van der Waals surface area contributed by atoms with Gasteiger partial charge in [-0.05, 0) is 31.3 Å². The molecule has 3 heteroatoms. The van der Waals surface area contributed by atoms with Crippen LogP contribution in [0.15, 0.2) is 11.6 Å². The molecule has 14 heavy (non-hydrogen) atoms. The molecule has 1 aliphatic carbocycles. The van der Waals surface area contributed by atoms with Crippen molar-refractivity contribution in [2.24, 2.45) is 5.73 Å². The van der Waals surface area contributed by atoms with E-state index in [2.05, 4.69) is 11.4 Å². The van der Waals surface area contributed by atoms with E-state index in [1.165, 1.54) is 18.4 Å². The topological polar surface area (TPSA) is 47.3 Å². The van der Waals surface area contributed by atoms with Gasteiger partial charge in [0.2, 0.25) is 0 Å². The van der Waals surface area contributed by atoms with Crippen molar-refractivity contribution in [1.82, 2.24) is 5.32 Å². The number of hydrogen-bond acceptors (Lipinski definition) is 3. The number of hydrogen-bond donors (Lipinski definition) is 2. The Morgan fingerprint density at radius 1 is 1.50 bits per heavy atom. The van der Waals surface area contributed by atoms with Crippen LogP contribution in [0.3, 0.4) is 0 Å². The summed E-state index contributed by atoms with van der Waals surface area (Å²) in [6, 6.07) is 1.05.